The molecule has 0 radical (unpaired) electrons. The van der Waals surface area contributed by atoms with Gasteiger partial charge < -0.3 is 9.55 Å². The summed E-state index contributed by atoms with van der Waals surface area (Å²) in [4.78, 5) is 3.09. The zero-order valence-corrected chi connectivity index (χ0v) is 10.6. The molecule has 2 heterocycles. The minimum Gasteiger partial charge on any atom is -0.337 e. The first-order valence-corrected chi connectivity index (χ1v) is 7.32. The predicted molar refractivity (Wildman–Crippen MR) is 67.9 cm³/mol. The molecule has 1 aromatic heterocycles. The lowest BCUT2D eigenvalue weighted by molar-refractivity contribution is 0.668. The monoisotopic (exact) mass is 246 g/mol. The van der Waals surface area contributed by atoms with Crippen LogP contribution in [0.1, 0.15) is 5.69 Å². The van der Waals surface area contributed by atoms with E-state index in [0.717, 1.165) is 16.6 Å². The number of hydrogen-bond acceptors (Lipinski definition) is 3. The topological polar surface area (TPSA) is 20.7 Å². The second-order valence-electron chi connectivity index (χ2n) is 3.41. The van der Waals surface area contributed by atoms with Crippen LogP contribution in [0, 0.1) is 11.7 Å². The number of aromatic nitrogens is 2. The van der Waals surface area contributed by atoms with E-state index < -0.39 is 0 Å². The molecule has 0 aromatic carbocycles. The van der Waals surface area contributed by atoms with Gasteiger partial charge >= 0.3 is 0 Å². The van der Waals surface area contributed by atoms with Gasteiger partial charge in [-0.15, -0.1) is 0 Å². The molecule has 14 heavy (non-hydrogen) atoms. The second kappa shape index (κ2) is 4.77. The molecular formula is C9H14N2S3. The fourth-order valence-corrected chi connectivity index (χ4v) is 4.48. The summed E-state index contributed by atoms with van der Waals surface area (Å²) in [5.74, 6) is 3.85. The van der Waals surface area contributed by atoms with E-state index in [0.29, 0.717) is 0 Å². The van der Waals surface area contributed by atoms with Crippen molar-refractivity contribution in [1.82, 2.24) is 9.55 Å². The van der Waals surface area contributed by atoms with E-state index in [1.807, 2.05) is 6.20 Å². The molecule has 0 spiro atoms. The van der Waals surface area contributed by atoms with Gasteiger partial charge in [0.1, 0.15) is 0 Å². The van der Waals surface area contributed by atoms with E-state index in [9.17, 15) is 0 Å². The Bertz CT molecular complexity index is 349. The minimum absolute atomic E-state index is 0.731. The second-order valence-corrected chi connectivity index (χ2v) is 6.36. The van der Waals surface area contributed by atoms with Gasteiger partial charge in [-0.05, 0) is 19.1 Å². The molecular weight excluding hydrogens is 232 g/mol. The van der Waals surface area contributed by atoms with Crippen molar-refractivity contribution in [2.75, 3.05) is 17.3 Å². The number of aromatic amines is 1. The van der Waals surface area contributed by atoms with Crippen LogP contribution in [-0.2, 0) is 6.54 Å². The van der Waals surface area contributed by atoms with Crippen LogP contribution in [0.5, 0.6) is 0 Å². The highest BCUT2D eigenvalue weighted by Crippen LogP contribution is 2.25. The Morgan fingerprint density at radius 3 is 3.07 bits per heavy atom. The molecule has 78 valence electrons. The number of thioether (sulfide) groups is 2. The highest BCUT2D eigenvalue weighted by Gasteiger charge is 2.15. The highest BCUT2D eigenvalue weighted by molar-refractivity contribution is 8.06. The number of H-pyrrole nitrogens is 1. The molecule has 1 fully saturated rings. The zero-order chi connectivity index (χ0) is 9.97. The van der Waals surface area contributed by atoms with Crippen LogP contribution in [-0.4, -0.2) is 32.1 Å². The highest BCUT2D eigenvalue weighted by atomic mass is 32.2. The van der Waals surface area contributed by atoms with Gasteiger partial charge in [0.2, 0.25) is 0 Å². The van der Waals surface area contributed by atoms with Gasteiger partial charge in [0.05, 0.1) is 0 Å². The number of nitrogens with one attached hydrogen (secondary N) is 1. The molecule has 1 unspecified atom stereocenters. The molecule has 0 amide bonds. The number of aryl methyl sites for hydroxylation is 1. The molecule has 1 N–H and O–H groups in total. The quantitative estimate of drug-likeness (QED) is 0.811. The third-order valence-electron chi connectivity index (χ3n) is 2.35. The zero-order valence-electron chi connectivity index (χ0n) is 8.16. The normalized spacial score (nSPS) is 22.5. The third kappa shape index (κ3) is 2.38. The van der Waals surface area contributed by atoms with Crippen LogP contribution < -0.4 is 0 Å². The van der Waals surface area contributed by atoms with Crippen LogP contribution in [0.25, 0.3) is 0 Å². The van der Waals surface area contributed by atoms with Crippen molar-refractivity contribution in [2.45, 2.75) is 18.7 Å². The van der Waals surface area contributed by atoms with Crippen molar-refractivity contribution in [2.24, 2.45) is 0 Å². The Morgan fingerprint density at radius 2 is 2.50 bits per heavy atom. The maximum atomic E-state index is 5.23. The molecule has 0 saturated carbocycles. The summed E-state index contributed by atoms with van der Waals surface area (Å²) in [5.41, 5.74) is 1.24. The molecule has 1 aliphatic heterocycles. The van der Waals surface area contributed by atoms with E-state index in [2.05, 4.69) is 40.0 Å². The fraction of sp³-hybridized carbons (Fsp3) is 0.667. The van der Waals surface area contributed by atoms with Gasteiger partial charge in [-0.25, -0.2) is 0 Å². The Kier molecular flexibility index (Phi) is 3.62. The van der Waals surface area contributed by atoms with E-state index in [4.69, 9.17) is 12.2 Å². The van der Waals surface area contributed by atoms with Gasteiger partial charge in [0, 0.05) is 40.9 Å². The van der Waals surface area contributed by atoms with E-state index in [-0.39, 0.29) is 0 Å². The molecule has 0 bridgehead atoms. The first-order chi connectivity index (χ1) is 6.77. The smallest absolute Gasteiger partial charge is 0.177 e. The summed E-state index contributed by atoms with van der Waals surface area (Å²) in [6, 6.07) is 0. The average Bonchev–Trinajstić information content (AvgIpc) is 2.51. The summed E-state index contributed by atoms with van der Waals surface area (Å²) in [7, 11) is 0. The molecule has 0 aliphatic carbocycles. The van der Waals surface area contributed by atoms with Crippen molar-refractivity contribution in [3.05, 3.63) is 16.7 Å². The van der Waals surface area contributed by atoms with Crippen molar-refractivity contribution in [1.29, 1.82) is 0 Å². The Balaban J connectivity index is 2.06. The first-order valence-electron chi connectivity index (χ1n) is 4.71. The van der Waals surface area contributed by atoms with Crippen LogP contribution >= 0.6 is 35.7 Å². The molecule has 5 heteroatoms. The van der Waals surface area contributed by atoms with Gasteiger partial charge in [0.25, 0.3) is 0 Å². The first kappa shape index (κ1) is 10.6. The van der Waals surface area contributed by atoms with Gasteiger partial charge in [0.15, 0.2) is 4.77 Å². The fourth-order valence-electron chi connectivity index (χ4n) is 1.55. The number of hydrogen-bond donors (Lipinski definition) is 1. The SMILES string of the molecule is Cc1c[nH]c(=S)n1CC1CSCCS1. The Morgan fingerprint density at radius 1 is 1.64 bits per heavy atom. The third-order valence-corrected chi connectivity index (χ3v) is 5.51. The maximum Gasteiger partial charge on any atom is 0.177 e. The van der Waals surface area contributed by atoms with Gasteiger partial charge in [-0.3, -0.25) is 0 Å². The maximum absolute atomic E-state index is 5.23. The minimum atomic E-state index is 0.731. The summed E-state index contributed by atoms with van der Waals surface area (Å²) >= 11 is 9.37. The summed E-state index contributed by atoms with van der Waals surface area (Å²) in [5, 5.41) is 0.731. The molecule has 2 rings (SSSR count). The Labute approximate surface area is 97.9 Å². The molecule has 1 atom stereocenters. The van der Waals surface area contributed by atoms with Crippen LogP contribution in [0.15, 0.2) is 6.20 Å². The standard InChI is InChI=1S/C9H14N2S3/c1-7-4-10-9(12)11(7)5-8-6-13-2-3-14-8/h4,8H,2-3,5-6H2,1H3,(H,10,12). The number of rotatable bonds is 2. The van der Waals surface area contributed by atoms with Crippen molar-refractivity contribution in [3.63, 3.8) is 0 Å². The molecule has 1 saturated heterocycles. The lowest BCUT2D eigenvalue weighted by Gasteiger charge is -2.21. The predicted octanol–water partition coefficient (Wildman–Crippen LogP) is 2.70. The average molecular weight is 246 g/mol. The van der Waals surface area contributed by atoms with Crippen LogP contribution in [0.2, 0.25) is 0 Å². The van der Waals surface area contributed by atoms with E-state index in [1.54, 1.807) is 0 Å². The molecule has 1 aliphatic rings. The van der Waals surface area contributed by atoms with Crippen molar-refractivity contribution in [3.8, 4) is 0 Å². The molecule has 1 aromatic rings. The Hall–Kier alpha value is 0.130. The summed E-state index contributed by atoms with van der Waals surface area (Å²) in [6.07, 6.45) is 1.99. The van der Waals surface area contributed by atoms with Crippen LogP contribution in [0.4, 0.5) is 0 Å². The summed E-state index contributed by atoms with van der Waals surface area (Å²) in [6.45, 7) is 3.17. The largest absolute Gasteiger partial charge is 0.337 e. The van der Waals surface area contributed by atoms with Crippen molar-refractivity contribution < 1.29 is 0 Å². The van der Waals surface area contributed by atoms with Gasteiger partial charge in [-0.2, -0.15) is 23.5 Å². The lowest BCUT2D eigenvalue weighted by Crippen LogP contribution is -2.21. The van der Waals surface area contributed by atoms with Gasteiger partial charge in [-0.1, -0.05) is 0 Å². The summed E-state index contributed by atoms with van der Waals surface area (Å²) < 4.78 is 3.07. The molecule has 2 nitrogen and oxygen atoms in total. The number of nitrogens with zero attached hydrogens (tertiary/aromatic N) is 1. The van der Waals surface area contributed by atoms with Crippen molar-refractivity contribution >= 4 is 35.7 Å². The van der Waals surface area contributed by atoms with E-state index in [1.165, 1.54) is 23.0 Å². The lowest BCUT2D eigenvalue weighted by atomic mass is 10.4. The number of imidazole rings is 1. The van der Waals surface area contributed by atoms with Crippen LogP contribution in [0.3, 0.4) is 0 Å². The van der Waals surface area contributed by atoms with E-state index >= 15 is 0 Å².